The Morgan fingerprint density at radius 1 is 1.29 bits per heavy atom. The Balaban J connectivity index is 1.74. The molecular formula is C18H22N2O4. The summed E-state index contributed by atoms with van der Waals surface area (Å²) in [7, 11) is 0. The number of nitrogens with one attached hydrogen (secondary N) is 1. The van der Waals surface area contributed by atoms with Crippen molar-refractivity contribution in [2.24, 2.45) is 5.92 Å². The van der Waals surface area contributed by atoms with Gasteiger partial charge < -0.3 is 10.1 Å². The number of carbonyl (C=O) groups excluding carboxylic acids is 3. The predicted molar refractivity (Wildman–Crippen MR) is 88.9 cm³/mol. The Morgan fingerprint density at radius 3 is 2.71 bits per heavy atom. The van der Waals surface area contributed by atoms with Gasteiger partial charge in [-0.2, -0.15) is 0 Å². The number of amides is 3. The maximum Gasteiger partial charge on any atom is 0.261 e. The molecule has 1 aromatic carbocycles. The molecule has 0 unspecified atom stereocenters. The molecule has 0 aromatic heterocycles. The molecule has 0 bridgehead atoms. The lowest BCUT2D eigenvalue weighted by Gasteiger charge is -2.17. The first kappa shape index (κ1) is 16.6. The largest absolute Gasteiger partial charge is 0.376 e. The van der Waals surface area contributed by atoms with E-state index in [1.54, 1.807) is 18.2 Å². The molecule has 3 rings (SSSR count). The van der Waals surface area contributed by atoms with Crippen LogP contribution in [0.1, 0.15) is 53.8 Å². The molecule has 1 fully saturated rings. The molecule has 24 heavy (non-hydrogen) atoms. The summed E-state index contributed by atoms with van der Waals surface area (Å²) in [4.78, 5) is 38.1. The van der Waals surface area contributed by atoms with Crippen LogP contribution in [0.4, 0.5) is 5.69 Å². The number of hydrogen-bond acceptors (Lipinski definition) is 4. The maximum atomic E-state index is 12.5. The summed E-state index contributed by atoms with van der Waals surface area (Å²) in [6.45, 7) is 4.90. The minimum atomic E-state index is -0.314. The molecule has 2 aliphatic rings. The van der Waals surface area contributed by atoms with Crippen molar-refractivity contribution in [3.63, 3.8) is 0 Å². The summed E-state index contributed by atoms with van der Waals surface area (Å²) >= 11 is 0. The van der Waals surface area contributed by atoms with Crippen molar-refractivity contribution in [1.82, 2.24) is 4.90 Å². The molecule has 0 radical (unpaired) electrons. The molecule has 1 saturated heterocycles. The molecule has 0 saturated carbocycles. The van der Waals surface area contributed by atoms with Crippen molar-refractivity contribution >= 4 is 23.4 Å². The Bertz CT molecular complexity index is 678. The van der Waals surface area contributed by atoms with E-state index >= 15 is 0 Å². The fourth-order valence-electron chi connectivity index (χ4n) is 3.11. The van der Waals surface area contributed by atoms with Crippen LogP contribution < -0.4 is 5.32 Å². The van der Waals surface area contributed by atoms with Gasteiger partial charge in [-0.05, 0) is 37.0 Å². The summed E-state index contributed by atoms with van der Waals surface area (Å²) in [5.74, 6) is -0.446. The van der Waals surface area contributed by atoms with Crippen LogP contribution in [0.15, 0.2) is 18.2 Å². The van der Waals surface area contributed by atoms with E-state index in [4.69, 9.17) is 4.74 Å². The van der Waals surface area contributed by atoms with Gasteiger partial charge in [-0.3, -0.25) is 19.3 Å². The Kier molecular flexibility index (Phi) is 4.66. The van der Waals surface area contributed by atoms with Gasteiger partial charge in [0, 0.05) is 18.7 Å². The Labute approximate surface area is 141 Å². The van der Waals surface area contributed by atoms with Gasteiger partial charge in [-0.1, -0.05) is 13.8 Å². The van der Waals surface area contributed by atoms with Gasteiger partial charge in [0.2, 0.25) is 5.91 Å². The van der Waals surface area contributed by atoms with E-state index in [9.17, 15) is 14.4 Å². The summed E-state index contributed by atoms with van der Waals surface area (Å²) in [5.41, 5.74) is 1.28. The van der Waals surface area contributed by atoms with Gasteiger partial charge >= 0.3 is 0 Å². The second-order valence-corrected chi connectivity index (χ2v) is 6.76. The van der Waals surface area contributed by atoms with Crippen molar-refractivity contribution in [1.29, 1.82) is 0 Å². The first-order valence-electron chi connectivity index (χ1n) is 8.37. The lowest BCUT2D eigenvalue weighted by atomic mass is 10.1. The van der Waals surface area contributed by atoms with Crippen molar-refractivity contribution < 1.29 is 19.1 Å². The van der Waals surface area contributed by atoms with E-state index in [-0.39, 0.29) is 29.7 Å². The van der Waals surface area contributed by atoms with Crippen LogP contribution in [-0.2, 0) is 9.53 Å². The van der Waals surface area contributed by atoms with E-state index < -0.39 is 0 Å². The Hall–Kier alpha value is -2.21. The topological polar surface area (TPSA) is 75.7 Å². The summed E-state index contributed by atoms with van der Waals surface area (Å²) in [5, 5.41) is 2.78. The smallest absolute Gasteiger partial charge is 0.261 e. The highest BCUT2D eigenvalue weighted by atomic mass is 16.5. The fraction of sp³-hybridized carbons (Fsp3) is 0.500. The molecule has 1 atom stereocenters. The van der Waals surface area contributed by atoms with Gasteiger partial charge in [0.15, 0.2) is 0 Å². The number of benzene rings is 1. The number of hydrogen-bond donors (Lipinski definition) is 1. The number of carbonyl (C=O) groups is 3. The first-order valence-corrected chi connectivity index (χ1v) is 8.37. The molecule has 0 aliphatic carbocycles. The van der Waals surface area contributed by atoms with E-state index in [0.717, 1.165) is 12.8 Å². The molecule has 128 valence electrons. The molecule has 0 spiro atoms. The third kappa shape index (κ3) is 3.33. The van der Waals surface area contributed by atoms with Crippen LogP contribution in [-0.4, -0.2) is 41.9 Å². The van der Waals surface area contributed by atoms with Crippen molar-refractivity contribution in [2.75, 3.05) is 18.5 Å². The quantitative estimate of drug-likeness (QED) is 0.842. The SMILES string of the molecule is CC(C)CC(=O)Nc1ccc2c(c1)C(=O)N(C[C@@H]1CCCO1)C2=O. The van der Waals surface area contributed by atoms with E-state index in [1.807, 2.05) is 13.8 Å². The normalized spacial score (nSPS) is 20.0. The average Bonchev–Trinajstić information content (AvgIpc) is 3.10. The third-order valence-corrected chi connectivity index (χ3v) is 4.26. The van der Waals surface area contributed by atoms with Crippen LogP contribution in [0.2, 0.25) is 0 Å². The Morgan fingerprint density at radius 2 is 2.04 bits per heavy atom. The maximum absolute atomic E-state index is 12.5. The van der Waals surface area contributed by atoms with Crippen LogP contribution in [0.3, 0.4) is 0 Å². The monoisotopic (exact) mass is 330 g/mol. The second kappa shape index (κ2) is 6.73. The van der Waals surface area contributed by atoms with E-state index in [2.05, 4.69) is 5.32 Å². The van der Waals surface area contributed by atoms with Gasteiger partial charge in [0.1, 0.15) is 0 Å². The van der Waals surface area contributed by atoms with Crippen molar-refractivity contribution in [2.45, 2.75) is 39.2 Å². The average molecular weight is 330 g/mol. The zero-order valence-corrected chi connectivity index (χ0v) is 14.0. The highest BCUT2D eigenvalue weighted by molar-refractivity contribution is 6.21. The third-order valence-electron chi connectivity index (χ3n) is 4.26. The van der Waals surface area contributed by atoms with Crippen molar-refractivity contribution in [3.05, 3.63) is 29.3 Å². The molecule has 2 heterocycles. The zero-order chi connectivity index (χ0) is 17.3. The predicted octanol–water partition coefficient (Wildman–Crippen LogP) is 2.45. The van der Waals surface area contributed by atoms with Gasteiger partial charge in [0.25, 0.3) is 11.8 Å². The second-order valence-electron chi connectivity index (χ2n) is 6.76. The highest BCUT2D eigenvalue weighted by Gasteiger charge is 2.37. The van der Waals surface area contributed by atoms with Crippen LogP contribution in [0.25, 0.3) is 0 Å². The minimum absolute atomic E-state index is 0.0718. The van der Waals surface area contributed by atoms with Gasteiger partial charge in [-0.25, -0.2) is 0 Å². The molecule has 3 amide bonds. The number of anilines is 1. The number of rotatable bonds is 5. The molecule has 6 heteroatoms. The minimum Gasteiger partial charge on any atom is -0.376 e. The summed E-state index contributed by atoms with van der Waals surface area (Å²) in [6.07, 6.45) is 2.16. The first-order chi connectivity index (χ1) is 11.5. The lowest BCUT2D eigenvalue weighted by molar-refractivity contribution is -0.116. The van der Waals surface area contributed by atoms with Gasteiger partial charge in [0.05, 0.1) is 23.8 Å². The molecule has 1 aromatic rings. The van der Waals surface area contributed by atoms with Crippen LogP contribution in [0.5, 0.6) is 0 Å². The highest BCUT2D eigenvalue weighted by Crippen LogP contribution is 2.27. The van der Waals surface area contributed by atoms with Gasteiger partial charge in [-0.15, -0.1) is 0 Å². The number of fused-ring (bicyclic) bond motifs is 1. The zero-order valence-electron chi connectivity index (χ0n) is 14.0. The number of imide groups is 1. The number of nitrogens with zero attached hydrogens (tertiary/aromatic N) is 1. The molecule has 6 nitrogen and oxygen atoms in total. The fourth-order valence-corrected chi connectivity index (χ4v) is 3.11. The lowest BCUT2D eigenvalue weighted by Crippen LogP contribution is -2.36. The standard InChI is InChI=1S/C18H22N2O4/c1-11(2)8-16(21)19-12-5-6-14-15(9-12)18(23)20(17(14)22)10-13-4-3-7-24-13/h5-6,9,11,13H,3-4,7-8,10H2,1-2H3,(H,19,21)/t13-/m0/s1. The van der Waals surface area contributed by atoms with Crippen LogP contribution >= 0.6 is 0 Å². The molecule has 1 N–H and O–H groups in total. The summed E-state index contributed by atoms with van der Waals surface area (Å²) in [6, 6.07) is 4.86. The summed E-state index contributed by atoms with van der Waals surface area (Å²) < 4.78 is 5.52. The molecular weight excluding hydrogens is 308 g/mol. The van der Waals surface area contributed by atoms with E-state index in [1.165, 1.54) is 4.90 Å². The van der Waals surface area contributed by atoms with Crippen molar-refractivity contribution in [3.8, 4) is 0 Å². The number of ether oxygens (including phenoxy) is 1. The van der Waals surface area contributed by atoms with Crippen LogP contribution in [0, 0.1) is 5.92 Å². The van der Waals surface area contributed by atoms with E-state index in [0.29, 0.717) is 36.4 Å². The molecule has 2 aliphatic heterocycles.